The van der Waals surface area contributed by atoms with Crippen LogP contribution in [0.5, 0.6) is 0 Å². The summed E-state index contributed by atoms with van der Waals surface area (Å²) < 4.78 is 18.5. The topological polar surface area (TPSA) is 55.6 Å². The highest BCUT2D eigenvalue weighted by Gasteiger charge is 2.28. The van der Waals surface area contributed by atoms with Crippen LogP contribution in [-0.2, 0) is 4.74 Å². The van der Waals surface area contributed by atoms with Gasteiger partial charge >= 0.3 is 0 Å². The molecule has 0 aromatic heterocycles. The van der Waals surface area contributed by atoms with Gasteiger partial charge in [-0.1, -0.05) is 11.6 Å². The van der Waals surface area contributed by atoms with E-state index in [1.807, 2.05) is 6.92 Å². The molecular weight excluding hydrogens is 271 g/mol. The largest absolute Gasteiger partial charge is 0.373 e. The first-order chi connectivity index (χ1) is 8.99. The van der Waals surface area contributed by atoms with E-state index in [9.17, 15) is 9.18 Å². The Balaban J connectivity index is 2.15. The molecule has 1 aromatic carbocycles. The molecule has 2 rings (SSSR count). The molecule has 1 saturated heterocycles. The number of amides is 1. The first-order valence-electron chi connectivity index (χ1n) is 6.10. The molecule has 1 amide bonds. The van der Waals surface area contributed by atoms with Crippen LogP contribution in [-0.4, -0.2) is 42.6 Å². The van der Waals surface area contributed by atoms with Gasteiger partial charge in [0.15, 0.2) is 0 Å². The fraction of sp³-hybridized carbons (Fsp3) is 0.462. The highest BCUT2D eigenvalue weighted by Crippen LogP contribution is 2.20. The second-order valence-corrected chi connectivity index (χ2v) is 5.05. The number of carbonyl (C=O) groups excluding carboxylic acids is 1. The summed E-state index contributed by atoms with van der Waals surface area (Å²) in [6, 6.07) is 3.61. The molecule has 0 saturated carbocycles. The maximum Gasteiger partial charge on any atom is 0.255 e. The van der Waals surface area contributed by atoms with Gasteiger partial charge in [-0.25, -0.2) is 4.39 Å². The molecule has 0 bridgehead atoms. The van der Waals surface area contributed by atoms with E-state index < -0.39 is 5.82 Å². The van der Waals surface area contributed by atoms with E-state index in [2.05, 4.69) is 0 Å². The van der Waals surface area contributed by atoms with Crippen molar-refractivity contribution in [2.45, 2.75) is 19.1 Å². The molecule has 1 aliphatic rings. The van der Waals surface area contributed by atoms with Crippen LogP contribution >= 0.6 is 11.6 Å². The summed E-state index contributed by atoms with van der Waals surface area (Å²) in [5.74, 6) is -0.684. The summed E-state index contributed by atoms with van der Waals surface area (Å²) in [4.78, 5) is 14.0. The number of benzene rings is 1. The van der Waals surface area contributed by atoms with Gasteiger partial charge in [-0.15, -0.1) is 0 Å². The number of morpholine rings is 1. The number of ether oxygens (including phenoxy) is 1. The van der Waals surface area contributed by atoms with Gasteiger partial charge in [-0.2, -0.15) is 0 Å². The van der Waals surface area contributed by atoms with Gasteiger partial charge < -0.3 is 15.4 Å². The van der Waals surface area contributed by atoms with Gasteiger partial charge in [0.1, 0.15) is 5.82 Å². The fourth-order valence-electron chi connectivity index (χ4n) is 2.01. The number of hydrogen-bond donors (Lipinski definition) is 1. The normalized spacial score (nSPS) is 21.3. The Morgan fingerprint density at radius 3 is 3.00 bits per heavy atom. The van der Waals surface area contributed by atoms with E-state index in [0.717, 1.165) is 6.07 Å². The third-order valence-electron chi connectivity index (χ3n) is 3.13. The lowest BCUT2D eigenvalue weighted by molar-refractivity contribution is -0.0300. The average Bonchev–Trinajstić information content (AvgIpc) is 2.38. The zero-order valence-electron chi connectivity index (χ0n) is 10.6. The molecule has 1 heterocycles. The van der Waals surface area contributed by atoms with Crippen LogP contribution in [0.25, 0.3) is 0 Å². The molecule has 0 radical (unpaired) electrons. The smallest absolute Gasteiger partial charge is 0.255 e. The number of rotatable bonds is 2. The van der Waals surface area contributed by atoms with Crippen molar-refractivity contribution in [3.05, 3.63) is 34.6 Å². The van der Waals surface area contributed by atoms with E-state index in [1.54, 1.807) is 4.90 Å². The molecule has 1 aliphatic heterocycles. The standard InChI is InChI=1S/C13H16ClFN2O2/c1-8(16)12-7-17(4-5-19-12)13(18)10-3-2-9(15)6-11(10)14/h2-3,6,8,12H,4-5,7,16H2,1H3/t8-,12+/m1/s1. The molecule has 0 aliphatic carbocycles. The Bertz CT molecular complexity index is 482. The zero-order chi connectivity index (χ0) is 14.0. The maximum absolute atomic E-state index is 13.0. The van der Waals surface area contributed by atoms with Gasteiger partial charge in [-0.3, -0.25) is 4.79 Å². The summed E-state index contributed by atoms with van der Waals surface area (Å²) in [6.07, 6.45) is -0.183. The predicted octanol–water partition coefficient (Wildman–Crippen LogP) is 1.67. The van der Waals surface area contributed by atoms with Crippen molar-refractivity contribution in [3.8, 4) is 0 Å². The van der Waals surface area contributed by atoms with Crippen LogP contribution in [0.3, 0.4) is 0 Å². The summed E-state index contributed by atoms with van der Waals surface area (Å²) in [5, 5.41) is 0.119. The lowest BCUT2D eigenvalue weighted by atomic mass is 10.1. The summed E-state index contributed by atoms with van der Waals surface area (Å²) in [6.45, 7) is 3.18. The van der Waals surface area contributed by atoms with Crippen molar-refractivity contribution in [3.63, 3.8) is 0 Å². The van der Waals surface area contributed by atoms with Crippen LogP contribution in [0.2, 0.25) is 5.02 Å². The molecule has 6 heteroatoms. The molecule has 1 fully saturated rings. The van der Waals surface area contributed by atoms with Crippen LogP contribution in [0.1, 0.15) is 17.3 Å². The van der Waals surface area contributed by atoms with Gasteiger partial charge in [0.2, 0.25) is 0 Å². The van der Waals surface area contributed by atoms with Gasteiger partial charge in [0, 0.05) is 19.1 Å². The third-order valence-corrected chi connectivity index (χ3v) is 3.44. The van der Waals surface area contributed by atoms with Crippen molar-refractivity contribution in [1.29, 1.82) is 0 Å². The highest BCUT2D eigenvalue weighted by molar-refractivity contribution is 6.33. The van der Waals surface area contributed by atoms with Gasteiger partial charge in [0.25, 0.3) is 5.91 Å². The predicted molar refractivity (Wildman–Crippen MR) is 70.7 cm³/mol. The monoisotopic (exact) mass is 286 g/mol. The molecule has 19 heavy (non-hydrogen) atoms. The second-order valence-electron chi connectivity index (χ2n) is 4.64. The fourth-order valence-corrected chi connectivity index (χ4v) is 2.26. The van der Waals surface area contributed by atoms with E-state index >= 15 is 0 Å². The van der Waals surface area contributed by atoms with Crippen molar-refractivity contribution < 1.29 is 13.9 Å². The molecule has 104 valence electrons. The maximum atomic E-state index is 13.0. The number of nitrogens with two attached hydrogens (primary N) is 1. The number of hydrogen-bond acceptors (Lipinski definition) is 3. The van der Waals surface area contributed by atoms with Crippen molar-refractivity contribution >= 4 is 17.5 Å². The number of carbonyl (C=O) groups is 1. The van der Waals surface area contributed by atoms with Crippen LogP contribution in [0.4, 0.5) is 4.39 Å². The first kappa shape index (κ1) is 14.2. The molecule has 0 spiro atoms. The Kier molecular flexibility index (Phi) is 4.39. The SMILES string of the molecule is C[C@@H](N)[C@@H]1CN(C(=O)c2ccc(F)cc2Cl)CCO1. The van der Waals surface area contributed by atoms with Crippen molar-refractivity contribution in [1.82, 2.24) is 4.90 Å². The molecule has 1 aromatic rings. The Labute approximate surface area is 116 Å². The summed E-state index contributed by atoms with van der Waals surface area (Å²) in [5.41, 5.74) is 6.08. The number of halogens is 2. The van der Waals surface area contributed by atoms with Gasteiger partial charge in [0.05, 0.1) is 23.3 Å². The minimum absolute atomic E-state index is 0.119. The van der Waals surface area contributed by atoms with Crippen LogP contribution < -0.4 is 5.73 Å². The molecule has 2 atom stereocenters. The summed E-state index contributed by atoms with van der Waals surface area (Å²) in [7, 11) is 0. The van der Waals surface area contributed by atoms with Crippen molar-refractivity contribution in [2.75, 3.05) is 19.7 Å². The molecular formula is C13H16ClFN2O2. The molecule has 2 N–H and O–H groups in total. The minimum atomic E-state index is -0.461. The van der Waals surface area contributed by atoms with Crippen LogP contribution in [0.15, 0.2) is 18.2 Å². The highest BCUT2D eigenvalue weighted by atomic mass is 35.5. The van der Waals surface area contributed by atoms with E-state index in [-0.39, 0.29) is 23.1 Å². The lowest BCUT2D eigenvalue weighted by Crippen LogP contribution is -2.51. The lowest BCUT2D eigenvalue weighted by Gasteiger charge is -2.34. The molecule has 4 nitrogen and oxygen atoms in total. The van der Waals surface area contributed by atoms with E-state index in [0.29, 0.717) is 25.3 Å². The van der Waals surface area contributed by atoms with E-state index in [1.165, 1.54) is 12.1 Å². The Morgan fingerprint density at radius 1 is 1.63 bits per heavy atom. The second kappa shape index (κ2) is 5.86. The third kappa shape index (κ3) is 3.23. The quantitative estimate of drug-likeness (QED) is 0.900. The van der Waals surface area contributed by atoms with Crippen molar-refractivity contribution in [2.24, 2.45) is 5.73 Å². The Hall–Kier alpha value is -1.17. The number of nitrogens with zero attached hydrogens (tertiary/aromatic N) is 1. The molecule has 0 unspecified atom stereocenters. The zero-order valence-corrected chi connectivity index (χ0v) is 11.4. The average molecular weight is 287 g/mol. The first-order valence-corrected chi connectivity index (χ1v) is 6.48. The van der Waals surface area contributed by atoms with E-state index in [4.69, 9.17) is 22.1 Å². The van der Waals surface area contributed by atoms with Gasteiger partial charge in [-0.05, 0) is 25.1 Å². The minimum Gasteiger partial charge on any atom is -0.373 e. The Morgan fingerprint density at radius 2 is 2.37 bits per heavy atom. The summed E-state index contributed by atoms with van der Waals surface area (Å²) >= 11 is 5.90. The van der Waals surface area contributed by atoms with Crippen LogP contribution in [0, 0.1) is 5.82 Å².